The number of Topliss-reactive ketones (excluding diaryl/α,β-unsaturated/α-hetero) is 1. The van der Waals surface area contributed by atoms with Gasteiger partial charge in [0.2, 0.25) is 0 Å². The molecule has 1 aliphatic heterocycles. The van der Waals surface area contributed by atoms with Crippen molar-refractivity contribution in [3.8, 4) is 0 Å². The molecular weight excluding hydrogens is 314 g/mol. The molecule has 136 valence electrons. The van der Waals surface area contributed by atoms with Gasteiger partial charge in [-0.15, -0.1) is 0 Å². The third-order valence-corrected chi connectivity index (χ3v) is 6.74. The van der Waals surface area contributed by atoms with Gasteiger partial charge < -0.3 is 10.0 Å². The van der Waals surface area contributed by atoms with Crippen LogP contribution in [0.1, 0.15) is 46.5 Å². The third-order valence-electron chi connectivity index (χ3n) is 6.74. The number of hydrogen-bond acceptors (Lipinski definition) is 3. The molecule has 2 fully saturated rings. The quantitative estimate of drug-likeness (QED) is 0.359. The van der Waals surface area contributed by atoms with E-state index in [1.165, 1.54) is 11.3 Å². The summed E-state index contributed by atoms with van der Waals surface area (Å²) in [6, 6.07) is -0.505. The van der Waals surface area contributed by atoms with Crippen molar-refractivity contribution in [1.29, 1.82) is 0 Å². The summed E-state index contributed by atoms with van der Waals surface area (Å²) in [5.74, 6) is 0.0467. The SMILES string of the molecule is CC=CC1C=CC2CCCCC2C1(C)C(O)=C1C(=O)C(C)N(C)C1=O. The van der Waals surface area contributed by atoms with Gasteiger partial charge in [0.1, 0.15) is 11.3 Å². The van der Waals surface area contributed by atoms with Crippen LogP contribution in [0.25, 0.3) is 0 Å². The van der Waals surface area contributed by atoms with Crippen LogP contribution in [0.15, 0.2) is 35.6 Å². The number of fused-ring (bicyclic) bond motifs is 1. The number of aliphatic hydroxyl groups is 1. The minimum Gasteiger partial charge on any atom is -0.511 e. The second kappa shape index (κ2) is 6.47. The smallest absolute Gasteiger partial charge is 0.261 e. The number of likely N-dealkylation sites (N-methyl/N-ethyl adjacent to an activating group) is 1. The van der Waals surface area contributed by atoms with Crippen LogP contribution in [0.5, 0.6) is 0 Å². The molecule has 5 atom stereocenters. The fraction of sp³-hybridized carbons (Fsp3) is 0.619. The standard InChI is InChI=1S/C21H29NO3/c1-5-8-15-12-11-14-9-6-7-10-16(14)21(15,3)19(24)17-18(23)13(2)22(4)20(17)25/h5,8,11-16,24H,6-7,9-10H2,1-4H3. The predicted octanol–water partition coefficient (Wildman–Crippen LogP) is 3.80. The zero-order valence-corrected chi connectivity index (χ0v) is 15.7. The van der Waals surface area contributed by atoms with E-state index in [0.717, 1.165) is 19.3 Å². The Hall–Kier alpha value is -1.84. The first-order valence-corrected chi connectivity index (χ1v) is 9.40. The highest BCUT2D eigenvalue weighted by Crippen LogP contribution is 2.55. The molecule has 3 aliphatic rings. The minimum absolute atomic E-state index is 0.00282. The number of allylic oxidation sites excluding steroid dienone is 5. The second-order valence-electron chi connectivity index (χ2n) is 7.95. The van der Waals surface area contributed by atoms with E-state index in [4.69, 9.17) is 0 Å². The highest BCUT2D eigenvalue weighted by Gasteiger charge is 2.52. The van der Waals surface area contributed by atoms with Crippen LogP contribution in [0.3, 0.4) is 0 Å². The molecule has 0 spiro atoms. The highest BCUT2D eigenvalue weighted by atomic mass is 16.3. The van der Waals surface area contributed by atoms with Crippen molar-refractivity contribution >= 4 is 11.7 Å². The Morgan fingerprint density at radius 3 is 2.56 bits per heavy atom. The van der Waals surface area contributed by atoms with Crippen molar-refractivity contribution in [1.82, 2.24) is 4.90 Å². The topological polar surface area (TPSA) is 57.6 Å². The summed E-state index contributed by atoms with van der Waals surface area (Å²) in [5, 5.41) is 11.3. The fourth-order valence-electron chi connectivity index (χ4n) is 4.98. The van der Waals surface area contributed by atoms with Crippen LogP contribution in [0.4, 0.5) is 0 Å². The van der Waals surface area contributed by atoms with Crippen molar-refractivity contribution in [2.75, 3.05) is 7.05 Å². The van der Waals surface area contributed by atoms with Crippen LogP contribution < -0.4 is 0 Å². The van der Waals surface area contributed by atoms with Gasteiger partial charge in [-0.1, -0.05) is 44.1 Å². The van der Waals surface area contributed by atoms with Gasteiger partial charge in [0.15, 0.2) is 5.78 Å². The van der Waals surface area contributed by atoms with E-state index in [-0.39, 0.29) is 34.9 Å². The lowest BCUT2D eigenvalue weighted by molar-refractivity contribution is -0.125. The number of hydrogen-bond donors (Lipinski definition) is 1. The average Bonchev–Trinajstić information content (AvgIpc) is 2.80. The molecule has 1 saturated carbocycles. The Labute approximate surface area is 150 Å². The average molecular weight is 343 g/mol. The van der Waals surface area contributed by atoms with Crippen LogP contribution >= 0.6 is 0 Å². The van der Waals surface area contributed by atoms with Crippen molar-refractivity contribution in [3.05, 3.63) is 35.6 Å². The van der Waals surface area contributed by atoms with Gasteiger partial charge in [0.25, 0.3) is 5.91 Å². The molecule has 0 radical (unpaired) electrons. The largest absolute Gasteiger partial charge is 0.511 e. The summed E-state index contributed by atoms with van der Waals surface area (Å²) in [6.45, 7) is 5.72. The lowest BCUT2D eigenvalue weighted by Gasteiger charge is -2.49. The molecule has 0 bridgehead atoms. The zero-order chi connectivity index (χ0) is 18.4. The van der Waals surface area contributed by atoms with E-state index < -0.39 is 11.5 Å². The molecule has 25 heavy (non-hydrogen) atoms. The van der Waals surface area contributed by atoms with Gasteiger partial charge in [-0.25, -0.2) is 0 Å². The number of amides is 1. The maximum Gasteiger partial charge on any atom is 0.261 e. The van der Waals surface area contributed by atoms with E-state index in [1.54, 1.807) is 14.0 Å². The number of carbonyl (C=O) groups is 2. The number of aliphatic hydroxyl groups excluding tert-OH is 1. The van der Waals surface area contributed by atoms with E-state index in [1.807, 2.05) is 19.9 Å². The van der Waals surface area contributed by atoms with Crippen LogP contribution in [0.2, 0.25) is 0 Å². The molecule has 0 aromatic heterocycles. The summed E-state index contributed by atoms with van der Waals surface area (Å²) in [5.41, 5.74) is -0.607. The van der Waals surface area contributed by atoms with Gasteiger partial charge in [-0.3, -0.25) is 9.59 Å². The monoisotopic (exact) mass is 343 g/mol. The summed E-state index contributed by atoms with van der Waals surface area (Å²) in [6.07, 6.45) is 13.0. The molecule has 2 aliphatic carbocycles. The number of ketones is 1. The highest BCUT2D eigenvalue weighted by molar-refractivity contribution is 6.26. The summed E-state index contributed by atoms with van der Waals surface area (Å²) >= 11 is 0. The normalized spacial score (nSPS) is 40.7. The lowest BCUT2D eigenvalue weighted by atomic mass is 9.55. The van der Waals surface area contributed by atoms with Crippen molar-refractivity contribution in [3.63, 3.8) is 0 Å². The predicted molar refractivity (Wildman–Crippen MR) is 97.9 cm³/mol. The maximum absolute atomic E-state index is 12.7. The van der Waals surface area contributed by atoms with E-state index >= 15 is 0 Å². The fourth-order valence-corrected chi connectivity index (χ4v) is 4.98. The Bertz CT molecular complexity index is 653. The first-order valence-electron chi connectivity index (χ1n) is 9.40. The Kier molecular flexibility index (Phi) is 4.65. The van der Waals surface area contributed by atoms with E-state index in [9.17, 15) is 14.7 Å². The van der Waals surface area contributed by atoms with Crippen molar-refractivity contribution in [2.45, 2.75) is 52.5 Å². The Morgan fingerprint density at radius 2 is 1.96 bits per heavy atom. The van der Waals surface area contributed by atoms with Crippen molar-refractivity contribution in [2.24, 2.45) is 23.2 Å². The van der Waals surface area contributed by atoms with Crippen LogP contribution in [-0.2, 0) is 9.59 Å². The number of nitrogens with zero attached hydrogens (tertiary/aromatic N) is 1. The molecular formula is C21H29NO3. The molecule has 1 saturated heterocycles. The molecule has 1 amide bonds. The molecule has 4 nitrogen and oxygen atoms in total. The number of likely N-dealkylation sites (tertiary alicyclic amines) is 1. The molecule has 0 aromatic carbocycles. The Balaban J connectivity index is 2.15. The summed E-state index contributed by atoms with van der Waals surface area (Å²) in [4.78, 5) is 26.7. The summed E-state index contributed by atoms with van der Waals surface area (Å²) < 4.78 is 0. The summed E-state index contributed by atoms with van der Waals surface area (Å²) in [7, 11) is 1.63. The van der Waals surface area contributed by atoms with E-state index in [0.29, 0.717) is 5.92 Å². The van der Waals surface area contributed by atoms with Crippen LogP contribution in [0, 0.1) is 23.2 Å². The van der Waals surface area contributed by atoms with Gasteiger partial charge in [0.05, 0.1) is 6.04 Å². The molecule has 3 rings (SSSR count). The maximum atomic E-state index is 12.7. The zero-order valence-electron chi connectivity index (χ0n) is 15.7. The Morgan fingerprint density at radius 1 is 1.28 bits per heavy atom. The minimum atomic E-state index is -0.613. The molecule has 5 unspecified atom stereocenters. The van der Waals surface area contributed by atoms with Gasteiger partial charge in [0, 0.05) is 18.4 Å². The first-order chi connectivity index (χ1) is 11.8. The van der Waals surface area contributed by atoms with Crippen LogP contribution in [-0.4, -0.2) is 34.8 Å². The molecule has 4 heteroatoms. The number of rotatable bonds is 2. The first kappa shape index (κ1) is 18.0. The van der Waals surface area contributed by atoms with E-state index in [2.05, 4.69) is 18.2 Å². The van der Waals surface area contributed by atoms with Gasteiger partial charge >= 0.3 is 0 Å². The molecule has 1 heterocycles. The third kappa shape index (κ3) is 2.57. The second-order valence-corrected chi connectivity index (χ2v) is 7.95. The molecule has 1 N–H and O–H groups in total. The van der Waals surface area contributed by atoms with Gasteiger partial charge in [-0.2, -0.15) is 0 Å². The number of carbonyl (C=O) groups excluding carboxylic acids is 2. The lowest BCUT2D eigenvalue weighted by Crippen LogP contribution is -2.44. The van der Waals surface area contributed by atoms with Gasteiger partial charge in [-0.05, 0) is 38.5 Å². The van der Waals surface area contributed by atoms with Crippen molar-refractivity contribution < 1.29 is 14.7 Å². The molecule has 0 aromatic rings.